The summed E-state index contributed by atoms with van der Waals surface area (Å²) in [6, 6.07) is 13.7. The van der Waals surface area contributed by atoms with Gasteiger partial charge in [0.05, 0.1) is 16.4 Å². The predicted molar refractivity (Wildman–Crippen MR) is 142 cm³/mol. The van der Waals surface area contributed by atoms with Gasteiger partial charge in [-0.15, -0.1) is 11.3 Å². The van der Waals surface area contributed by atoms with E-state index in [0.29, 0.717) is 10.9 Å². The zero-order chi connectivity index (χ0) is 23.5. The van der Waals surface area contributed by atoms with Crippen molar-refractivity contribution < 1.29 is 4.79 Å². The Kier molecular flexibility index (Phi) is 6.99. The lowest BCUT2D eigenvalue weighted by molar-refractivity contribution is -0.127. The van der Waals surface area contributed by atoms with Crippen molar-refractivity contribution in [1.29, 1.82) is 0 Å². The molecule has 0 saturated carbocycles. The molecule has 0 radical (unpaired) electrons. The lowest BCUT2D eigenvalue weighted by atomic mass is 9.96. The number of nitrogens with zero attached hydrogens (tertiary/aromatic N) is 4. The molecule has 6 nitrogen and oxygen atoms in total. The maximum atomic E-state index is 12.5. The zero-order valence-electron chi connectivity index (χ0n) is 18.3. The van der Waals surface area contributed by atoms with Crippen LogP contribution < -0.4 is 5.32 Å². The fraction of sp³-hybridized carbons (Fsp3) is 0.240. The number of hydrogen-bond acceptors (Lipinski definition) is 5. The van der Waals surface area contributed by atoms with Crippen molar-refractivity contribution in [2.75, 3.05) is 25.0 Å². The molecule has 174 valence electrons. The topological polar surface area (TPSA) is 62.5 Å². The molecule has 5 rings (SSSR count). The van der Waals surface area contributed by atoms with Crippen molar-refractivity contribution >= 4 is 62.3 Å². The van der Waals surface area contributed by atoms with E-state index >= 15 is 0 Å². The highest BCUT2D eigenvalue weighted by atomic mass is 79.9. The second-order valence-electron chi connectivity index (χ2n) is 8.23. The SMILES string of the molecule is O=C(/C=C/c1cccs1)N1CCC(CNc2cc(-c3ccccc3Cl)nc3c(Br)cnn23)CC1. The molecule has 1 N–H and O–H groups in total. The van der Waals surface area contributed by atoms with E-state index in [-0.39, 0.29) is 5.91 Å². The summed E-state index contributed by atoms with van der Waals surface area (Å²) in [7, 11) is 0. The molecule has 0 aliphatic carbocycles. The second-order valence-corrected chi connectivity index (χ2v) is 10.5. The molecule has 1 aliphatic rings. The van der Waals surface area contributed by atoms with E-state index in [0.717, 1.165) is 64.5 Å². The third-order valence-corrected chi connectivity index (χ3v) is 7.74. The number of benzene rings is 1. The molecule has 9 heteroatoms. The minimum absolute atomic E-state index is 0.0847. The first kappa shape index (κ1) is 23.1. The van der Waals surface area contributed by atoms with Gasteiger partial charge in [0.15, 0.2) is 5.65 Å². The summed E-state index contributed by atoms with van der Waals surface area (Å²) in [6.07, 6.45) is 7.25. The predicted octanol–water partition coefficient (Wildman–Crippen LogP) is 6.24. The quantitative estimate of drug-likeness (QED) is 0.286. The molecule has 0 atom stereocenters. The van der Waals surface area contributed by atoms with E-state index in [1.807, 2.05) is 58.8 Å². The van der Waals surface area contributed by atoms with Gasteiger partial charge >= 0.3 is 0 Å². The number of thiophene rings is 1. The van der Waals surface area contributed by atoms with Crippen LogP contribution in [-0.4, -0.2) is 45.0 Å². The van der Waals surface area contributed by atoms with E-state index in [1.54, 1.807) is 28.1 Å². The summed E-state index contributed by atoms with van der Waals surface area (Å²) in [6.45, 7) is 2.33. The Hall–Kier alpha value is -2.68. The first-order chi connectivity index (χ1) is 16.6. The van der Waals surface area contributed by atoms with Crippen LogP contribution in [0, 0.1) is 5.92 Å². The Morgan fingerprint density at radius 1 is 1.24 bits per heavy atom. The molecule has 3 aromatic heterocycles. The van der Waals surface area contributed by atoms with Gasteiger partial charge in [-0.1, -0.05) is 35.9 Å². The molecule has 1 aliphatic heterocycles. The molecule has 1 aromatic carbocycles. The summed E-state index contributed by atoms with van der Waals surface area (Å²) in [5.74, 6) is 1.42. The van der Waals surface area contributed by atoms with Crippen LogP contribution in [0.1, 0.15) is 17.7 Å². The summed E-state index contributed by atoms with van der Waals surface area (Å²) in [5, 5.41) is 10.7. The number of fused-ring (bicyclic) bond motifs is 1. The Labute approximate surface area is 215 Å². The maximum Gasteiger partial charge on any atom is 0.246 e. The van der Waals surface area contributed by atoms with Gasteiger partial charge in [0, 0.05) is 47.2 Å². The highest BCUT2D eigenvalue weighted by Gasteiger charge is 2.22. The van der Waals surface area contributed by atoms with Crippen LogP contribution in [0.3, 0.4) is 0 Å². The summed E-state index contributed by atoms with van der Waals surface area (Å²) in [5.41, 5.74) is 2.41. The van der Waals surface area contributed by atoms with E-state index in [2.05, 4.69) is 26.3 Å². The van der Waals surface area contributed by atoms with Crippen LogP contribution in [0.15, 0.2) is 64.6 Å². The number of halogens is 2. The lowest BCUT2D eigenvalue weighted by Gasteiger charge is -2.31. The van der Waals surface area contributed by atoms with Gasteiger partial charge in [0.25, 0.3) is 0 Å². The smallest absolute Gasteiger partial charge is 0.246 e. The number of rotatable bonds is 6. The fourth-order valence-corrected chi connectivity index (χ4v) is 5.32. The minimum Gasteiger partial charge on any atom is -0.370 e. The van der Waals surface area contributed by atoms with Crippen LogP contribution >= 0.6 is 38.9 Å². The Balaban J connectivity index is 1.25. The number of anilines is 1. The van der Waals surface area contributed by atoms with Gasteiger partial charge in [0.1, 0.15) is 5.82 Å². The first-order valence-electron chi connectivity index (χ1n) is 11.1. The number of aromatic nitrogens is 3. The van der Waals surface area contributed by atoms with Crippen LogP contribution in [0.5, 0.6) is 0 Å². The van der Waals surface area contributed by atoms with Crippen LogP contribution in [0.2, 0.25) is 5.02 Å². The normalized spacial score (nSPS) is 14.8. The highest BCUT2D eigenvalue weighted by Crippen LogP contribution is 2.30. The van der Waals surface area contributed by atoms with Crippen molar-refractivity contribution in [3.05, 3.63) is 74.5 Å². The number of amides is 1. The number of nitrogens with one attached hydrogen (secondary N) is 1. The van der Waals surface area contributed by atoms with Crippen LogP contribution in [-0.2, 0) is 4.79 Å². The van der Waals surface area contributed by atoms with Crippen molar-refractivity contribution in [1.82, 2.24) is 19.5 Å². The lowest BCUT2D eigenvalue weighted by Crippen LogP contribution is -2.39. The number of carbonyl (C=O) groups is 1. The molecule has 4 heterocycles. The molecule has 0 spiro atoms. The highest BCUT2D eigenvalue weighted by molar-refractivity contribution is 9.10. The molecular weight excluding hydrogens is 534 g/mol. The van der Waals surface area contributed by atoms with Crippen molar-refractivity contribution in [2.24, 2.45) is 5.92 Å². The summed E-state index contributed by atoms with van der Waals surface area (Å²) in [4.78, 5) is 20.3. The van der Waals surface area contributed by atoms with Gasteiger partial charge in [-0.3, -0.25) is 4.79 Å². The molecular formula is C25H23BrClN5OS. The van der Waals surface area contributed by atoms with Gasteiger partial charge in [-0.2, -0.15) is 9.61 Å². The van der Waals surface area contributed by atoms with E-state index in [4.69, 9.17) is 16.6 Å². The number of carbonyl (C=O) groups excluding carboxylic acids is 1. The van der Waals surface area contributed by atoms with E-state index in [1.165, 1.54) is 0 Å². The van der Waals surface area contributed by atoms with Crippen molar-refractivity contribution in [3.8, 4) is 11.3 Å². The average molecular weight is 557 g/mol. The Bertz CT molecular complexity index is 1330. The zero-order valence-corrected chi connectivity index (χ0v) is 21.5. The standard InChI is InChI=1S/C25H23BrClN5OS/c26-20-16-29-32-23(14-22(30-25(20)32)19-5-1-2-6-21(19)27)28-15-17-9-11-31(12-10-17)24(33)8-7-18-4-3-13-34-18/h1-8,13-14,16-17,28H,9-12,15H2/b8-7+. The first-order valence-corrected chi connectivity index (χ1v) is 13.2. The van der Waals surface area contributed by atoms with E-state index < -0.39 is 0 Å². The molecule has 34 heavy (non-hydrogen) atoms. The van der Waals surface area contributed by atoms with Gasteiger partial charge in [0.2, 0.25) is 5.91 Å². The molecule has 1 fully saturated rings. The number of hydrogen-bond donors (Lipinski definition) is 1. The summed E-state index contributed by atoms with van der Waals surface area (Å²) < 4.78 is 2.63. The van der Waals surface area contributed by atoms with Crippen LogP contribution in [0.4, 0.5) is 5.82 Å². The van der Waals surface area contributed by atoms with Gasteiger partial charge < -0.3 is 10.2 Å². The molecule has 4 aromatic rings. The monoisotopic (exact) mass is 555 g/mol. The molecule has 0 unspecified atom stereocenters. The average Bonchev–Trinajstić information content (AvgIpc) is 3.52. The minimum atomic E-state index is 0.0847. The third-order valence-electron chi connectivity index (χ3n) is 6.01. The van der Waals surface area contributed by atoms with Crippen molar-refractivity contribution in [2.45, 2.75) is 12.8 Å². The number of piperidine rings is 1. The van der Waals surface area contributed by atoms with E-state index in [9.17, 15) is 4.79 Å². The number of likely N-dealkylation sites (tertiary alicyclic amines) is 1. The molecule has 1 amide bonds. The molecule has 0 bridgehead atoms. The maximum absolute atomic E-state index is 12.5. The van der Waals surface area contributed by atoms with Gasteiger partial charge in [-0.25, -0.2) is 4.98 Å². The van der Waals surface area contributed by atoms with Crippen molar-refractivity contribution in [3.63, 3.8) is 0 Å². The molecule has 1 saturated heterocycles. The summed E-state index contributed by atoms with van der Waals surface area (Å²) >= 11 is 11.6. The largest absolute Gasteiger partial charge is 0.370 e. The second kappa shape index (κ2) is 10.3. The Morgan fingerprint density at radius 2 is 2.06 bits per heavy atom. The third kappa shape index (κ3) is 5.04. The Morgan fingerprint density at radius 3 is 2.82 bits per heavy atom. The van der Waals surface area contributed by atoms with Gasteiger partial charge in [-0.05, 0) is 58.3 Å². The van der Waals surface area contributed by atoms with Crippen LogP contribution in [0.25, 0.3) is 23.0 Å². The fourth-order valence-electron chi connectivity index (χ4n) is 4.12.